The Morgan fingerprint density at radius 3 is 2.52 bits per heavy atom. The summed E-state index contributed by atoms with van der Waals surface area (Å²) in [5.41, 5.74) is 0.520. The highest BCUT2D eigenvalue weighted by atomic mass is 16.4. The van der Waals surface area contributed by atoms with Gasteiger partial charge in [-0.2, -0.15) is 0 Å². The van der Waals surface area contributed by atoms with Crippen LogP contribution in [-0.4, -0.2) is 27.6 Å². The van der Waals surface area contributed by atoms with Gasteiger partial charge in [0.15, 0.2) is 0 Å². The van der Waals surface area contributed by atoms with Gasteiger partial charge in [0, 0.05) is 12.2 Å². The topological polar surface area (TPSA) is 71.3 Å². The Hall–Kier alpha value is -1.78. The van der Waals surface area contributed by atoms with Crippen molar-refractivity contribution in [2.75, 3.05) is 0 Å². The Morgan fingerprint density at radius 2 is 1.95 bits per heavy atom. The summed E-state index contributed by atoms with van der Waals surface area (Å²) in [6.45, 7) is 3.99. The van der Waals surface area contributed by atoms with Crippen molar-refractivity contribution in [2.24, 2.45) is 5.92 Å². The third kappa shape index (κ3) is 3.65. The van der Waals surface area contributed by atoms with Crippen molar-refractivity contribution in [3.8, 4) is 0 Å². The molecule has 1 aromatic heterocycles. The van der Waals surface area contributed by atoms with Gasteiger partial charge in [-0.1, -0.05) is 19.3 Å². The first-order valence-electron chi connectivity index (χ1n) is 7.71. The minimum atomic E-state index is -0.932. The van der Waals surface area contributed by atoms with E-state index in [1.807, 2.05) is 30.7 Å². The van der Waals surface area contributed by atoms with Gasteiger partial charge in [0.25, 0.3) is 5.91 Å². The van der Waals surface area contributed by atoms with E-state index in [-0.39, 0.29) is 17.9 Å². The summed E-state index contributed by atoms with van der Waals surface area (Å²) in [5.74, 6) is -1.19. The van der Waals surface area contributed by atoms with Crippen molar-refractivity contribution < 1.29 is 14.7 Å². The number of aromatic nitrogens is 1. The monoisotopic (exact) mass is 292 g/mol. The van der Waals surface area contributed by atoms with Gasteiger partial charge >= 0.3 is 5.97 Å². The summed E-state index contributed by atoms with van der Waals surface area (Å²) >= 11 is 0. The summed E-state index contributed by atoms with van der Waals surface area (Å²) < 4.78 is 1.86. The highest BCUT2D eigenvalue weighted by molar-refractivity contribution is 5.95. The Kier molecular flexibility index (Phi) is 5.04. The van der Waals surface area contributed by atoms with Crippen LogP contribution in [0, 0.1) is 5.92 Å². The number of amides is 1. The molecule has 1 aliphatic rings. The van der Waals surface area contributed by atoms with Crippen LogP contribution in [0.2, 0.25) is 0 Å². The predicted molar refractivity (Wildman–Crippen MR) is 80.3 cm³/mol. The number of carboxylic acid groups (broad SMARTS) is 1. The van der Waals surface area contributed by atoms with Crippen LogP contribution in [0.5, 0.6) is 0 Å². The lowest BCUT2D eigenvalue weighted by molar-refractivity contribution is -0.141. The zero-order valence-electron chi connectivity index (χ0n) is 12.7. The normalized spacial score (nSPS) is 17.7. The van der Waals surface area contributed by atoms with Gasteiger partial charge < -0.3 is 15.0 Å². The molecule has 1 aliphatic carbocycles. The number of carbonyl (C=O) groups is 2. The maximum atomic E-state index is 12.4. The average Bonchev–Trinajstić information content (AvgIpc) is 2.94. The molecule has 0 spiro atoms. The molecule has 2 rings (SSSR count). The molecule has 1 heterocycles. The minimum absolute atomic E-state index is 0.0441. The van der Waals surface area contributed by atoms with Crippen LogP contribution in [0.3, 0.4) is 0 Å². The average molecular weight is 292 g/mol. The minimum Gasteiger partial charge on any atom is -0.480 e. The lowest BCUT2D eigenvalue weighted by Crippen LogP contribution is -2.47. The molecular formula is C16H24N2O3. The van der Waals surface area contributed by atoms with Crippen molar-refractivity contribution in [1.29, 1.82) is 0 Å². The largest absolute Gasteiger partial charge is 0.480 e. The summed E-state index contributed by atoms with van der Waals surface area (Å²) in [7, 11) is 0. The molecule has 0 aromatic carbocycles. The smallest absolute Gasteiger partial charge is 0.326 e. The van der Waals surface area contributed by atoms with E-state index in [4.69, 9.17) is 0 Å². The highest BCUT2D eigenvalue weighted by Crippen LogP contribution is 2.27. The Bertz CT molecular complexity index is 501. The molecule has 1 saturated carbocycles. The zero-order chi connectivity index (χ0) is 15.4. The van der Waals surface area contributed by atoms with Gasteiger partial charge in [-0.05, 0) is 44.7 Å². The third-order valence-electron chi connectivity index (χ3n) is 4.24. The van der Waals surface area contributed by atoms with Crippen LogP contribution < -0.4 is 5.32 Å². The van der Waals surface area contributed by atoms with Crippen LogP contribution in [-0.2, 0) is 4.79 Å². The van der Waals surface area contributed by atoms with E-state index in [0.717, 1.165) is 32.1 Å². The fraction of sp³-hybridized carbons (Fsp3) is 0.625. The van der Waals surface area contributed by atoms with Crippen molar-refractivity contribution in [3.05, 3.63) is 24.0 Å². The molecule has 0 radical (unpaired) electrons. The van der Waals surface area contributed by atoms with Crippen molar-refractivity contribution in [3.63, 3.8) is 0 Å². The second-order valence-corrected chi connectivity index (χ2v) is 6.08. The lowest BCUT2D eigenvalue weighted by Gasteiger charge is -2.28. The number of rotatable bonds is 5. The van der Waals surface area contributed by atoms with E-state index in [1.54, 1.807) is 6.07 Å². The molecule has 2 N–H and O–H groups in total. The van der Waals surface area contributed by atoms with Gasteiger partial charge in [-0.15, -0.1) is 0 Å². The number of nitrogens with zero attached hydrogens (tertiary/aromatic N) is 1. The molecule has 1 aromatic rings. The maximum Gasteiger partial charge on any atom is 0.326 e. The Morgan fingerprint density at radius 1 is 1.29 bits per heavy atom. The Balaban J connectivity index is 2.11. The molecule has 0 saturated heterocycles. The van der Waals surface area contributed by atoms with Crippen LogP contribution >= 0.6 is 0 Å². The van der Waals surface area contributed by atoms with Crippen molar-refractivity contribution in [1.82, 2.24) is 9.88 Å². The predicted octanol–water partition coefficient (Wildman–Crippen LogP) is 2.83. The van der Waals surface area contributed by atoms with Crippen molar-refractivity contribution in [2.45, 2.75) is 58.0 Å². The number of carbonyl (C=O) groups excluding carboxylic acids is 1. The molecule has 0 bridgehead atoms. The summed E-state index contributed by atoms with van der Waals surface area (Å²) in [6, 6.07) is 2.92. The van der Waals surface area contributed by atoms with Crippen LogP contribution in [0.15, 0.2) is 18.3 Å². The number of aliphatic carboxylic acids is 1. The van der Waals surface area contributed by atoms with Crippen molar-refractivity contribution >= 4 is 11.9 Å². The van der Waals surface area contributed by atoms with Crippen LogP contribution in [0.25, 0.3) is 0 Å². The Labute approximate surface area is 125 Å². The highest BCUT2D eigenvalue weighted by Gasteiger charge is 2.31. The third-order valence-corrected chi connectivity index (χ3v) is 4.24. The lowest BCUT2D eigenvalue weighted by atomic mass is 9.84. The molecule has 1 unspecified atom stereocenters. The van der Waals surface area contributed by atoms with Gasteiger partial charge in [0.1, 0.15) is 11.7 Å². The number of hydrogen-bond donors (Lipinski definition) is 2. The molecule has 1 fully saturated rings. The first kappa shape index (κ1) is 15.6. The molecule has 21 heavy (non-hydrogen) atoms. The standard InChI is InChI=1S/C16H24N2O3/c1-11(2)18-10-6-9-13(18)15(19)17-14(16(20)21)12-7-4-3-5-8-12/h6,9-12,14H,3-5,7-8H2,1-2H3,(H,17,19)(H,20,21). The first-order valence-corrected chi connectivity index (χ1v) is 7.71. The maximum absolute atomic E-state index is 12.4. The van der Waals surface area contributed by atoms with Gasteiger partial charge in [-0.3, -0.25) is 4.79 Å². The molecule has 116 valence electrons. The second-order valence-electron chi connectivity index (χ2n) is 6.08. The molecule has 5 heteroatoms. The fourth-order valence-electron chi connectivity index (χ4n) is 3.10. The SMILES string of the molecule is CC(C)n1cccc1C(=O)NC(C(=O)O)C1CCCCC1. The molecule has 1 amide bonds. The zero-order valence-corrected chi connectivity index (χ0v) is 12.7. The quantitative estimate of drug-likeness (QED) is 0.876. The van der Waals surface area contributed by atoms with Gasteiger partial charge in [-0.25, -0.2) is 4.79 Å². The van der Waals surface area contributed by atoms with E-state index in [9.17, 15) is 14.7 Å². The first-order chi connectivity index (χ1) is 10.0. The number of hydrogen-bond acceptors (Lipinski definition) is 2. The summed E-state index contributed by atoms with van der Waals surface area (Å²) in [4.78, 5) is 23.9. The molecule has 1 atom stereocenters. The summed E-state index contributed by atoms with van der Waals surface area (Å²) in [5, 5.41) is 12.2. The van der Waals surface area contributed by atoms with Gasteiger partial charge in [0.05, 0.1) is 0 Å². The molecule has 0 aliphatic heterocycles. The molecular weight excluding hydrogens is 268 g/mol. The number of nitrogens with one attached hydrogen (secondary N) is 1. The summed E-state index contributed by atoms with van der Waals surface area (Å²) in [6.07, 6.45) is 6.85. The van der Waals surface area contributed by atoms with E-state index in [1.165, 1.54) is 0 Å². The van der Waals surface area contributed by atoms with E-state index < -0.39 is 12.0 Å². The molecule has 5 nitrogen and oxygen atoms in total. The van der Waals surface area contributed by atoms with Gasteiger partial charge in [0.2, 0.25) is 0 Å². The number of carboxylic acids is 1. The van der Waals surface area contributed by atoms with Crippen LogP contribution in [0.1, 0.15) is 62.5 Å². The van der Waals surface area contributed by atoms with E-state index >= 15 is 0 Å². The van der Waals surface area contributed by atoms with E-state index in [0.29, 0.717) is 5.69 Å². The second kappa shape index (κ2) is 6.78. The van der Waals surface area contributed by atoms with Crippen LogP contribution in [0.4, 0.5) is 0 Å². The van der Waals surface area contributed by atoms with E-state index in [2.05, 4.69) is 5.32 Å². The fourth-order valence-corrected chi connectivity index (χ4v) is 3.10.